The van der Waals surface area contributed by atoms with Crippen LogP contribution in [0.25, 0.3) is 22.0 Å². The van der Waals surface area contributed by atoms with Crippen LogP contribution >= 0.6 is 23.1 Å². The second-order valence-corrected chi connectivity index (χ2v) is 8.65. The number of rotatable bonds is 7. The van der Waals surface area contributed by atoms with Crippen molar-refractivity contribution in [2.24, 2.45) is 0 Å². The van der Waals surface area contributed by atoms with Gasteiger partial charge in [-0.2, -0.15) is 0 Å². The van der Waals surface area contributed by atoms with Gasteiger partial charge in [0.1, 0.15) is 10.8 Å². The Kier molecular flexibility index (Phi) is 5.22. The lowest BCUT2D eigenvalue weighted by atomic mass is 10.2. The number of thioether (sulfide) groups is 1. The van der Waals surface area contributed by atoms with Crippen molar-refractivity contribution in [2.45, 2.75) is 37.7 Å². The molecule has 0 atom stereocenters. The summed E-state index contributed by atoms with van der Waals surface area (Å²) in [5.74, 6) is 3.99. The minimum Gasteiger partial charge on any atom is -0.469 e. The van der Waals surface area contributed by atoms with E-state index in [0.717, 1.165) is 68.8 Å². The lowest BCUT2D eigenvalue weighted by Crippen LogP contribution is -2.02. The first kappa shape index (κ1) is 19.2. The number of hydrogen-bond acceptors (Lipinski definition) is 8. The summed E-state index contributed by atoms with van der Waals surface area (Å²) in [5.41, 5.74) is 3.04. The first-order valence-electron chi connectivity index (χ1n) is 9.68. The fraction of sp³-hybridized carbons (Fsp3) is 0.286. The van der Waals surface area contributed by atoms with Crippen molar-refractivity contribution >= 4 is 23.1 Å². The summed E-state index contributed by atoms with van der Waals surface area (Å²) < 4.78 is 18.5. The summed E-state index contributed by atoms with van der Waals surface area (Å²) in [6, 6.07) is 7.87. The topological polar surface area (TPSA) is 75.2 Å². The quantitative estimate of drug-likeness (QED) is 0.356. The molecule has 0 saturated carbocycles. The molecule has 1 aliphatic heterocycles. The molecular weight excluding hydrogens is 420 g/mol. The van der Waals surface area contributed by atoms with E-state index in [0.29, 0.717) is 0 Å². The highest BCUT2D eigenvalue weighted by atomic mass is 32.2. The molecule has 154 valence electrons. The molecule has 0 spiro atoms. The second-order valence-electron chi connectivity index (χ2n) is 6.85. The summed E-state index contributed by atoms with van der Waals surface area (Å²) in [7, 11) is 0. The lowest BCUT2D eigenvalue weighted by Gasteiger charge is -2.07. The number of furan rings is 1. The predicted octanol–water partition coefficient (Wildman–Crippen LogP) is 5.40. The molecule has 5 rings (SSSR count). The number of thiazole rings is 1. The van der Waals surface area contributed by atoms with Crippen LogP contribution in [-0.4, -0.2) is 26.5 Å². The van der Waals surface area contributed by atoms with Gasteiger partial charge < -0.3 is 18.5 Å². The number of nitrogens with zero attached hydrogens (tertiary/aromatic N) is 4. The van der Waals surface area contributed by atoms with E-state index < -0.39 is 0 Å². The van der Waals surface area contributed by atoms with Gasteiger partial charge in [-0.05, 0) is 37.6 Å². The zero-order valence-corrected chi connectivity index (χ0v) is 18.3. The molecule has 0 saturated heterocycles. The highest BCUT2D eigenvalue weighted by Crippen LogP contribution is 2.37. The van der Waals surface area contributed by atoms with E-state index in [1.807, 2.05) is 31.2 Å². The van der Waals surface area contributed by atoms with Crippen LogP contribution in [0.15, 0.2) is 45.5 Å². The Labute approximate surface area is 182 Å². The highest BCUT2D eigenvalue weighted by molar-refractivity contribution is 7.98. The average molecular weight is 441 g/mol. The van der Waals surface area contributed by atoms with Gasteiger partial charge in [0.25, 0.3) is 0 Å². The molecule has 0 bridgehead atoms. The Hall–Kier alpha value is -2.78. The third-order valence-corrected chi connectivity index (χ3v) is 6.72. The SMILES string of the molecule is CCCn1c(SCc2csc(-c3ccc4c(c3)OCO4)n2)nnc1-c1ccoc1C. The highest BCUT2D eigenvalue weighted by Gasteiger charge is 2.18. The van der Waals surface area contributed by atoms with Gasteiger partial charge >= 0.3 is 0 Å². The summed E-state index contributed by atoms with van der Waals surface area (Å²) in [6.07, 6.45) is 2.69. The number of aromatic nitrogens is 4. The molecule has 0 amide bonds. The second kappa shape index (κ2) is 8.16. The van der Waals surface area contributed by atoms with Crippen molar-refractivity contribution in [3.05, 3.63) is 47.4 Å². The maximum atomic E-state index is 5.48. The van der Waals surface area contributed by atoms with Crippen LogP contribution in [0.3, 0.4) is 0 Å². The normalized spacial score (nSPS) is 12.6. The number of ether oxygens (including phenoxy) is 2. The van der Waals surface area contributed by atoms with Crippen LogP contribution in [0.2, 0.25) is 0 Å². The summed E-state index contributed by atoms with van der Waals surface area (Å²) in [4.78, 5) is 4.80. The Morgan fingerprint density at radius 3 is 2.90 bits per heavy atom. The van der Waals surface area contributed by atoms with E-state index in [9.17, 15) is 0 Å². The van der Waals surface area contributed by atoms with Crippen LogP contribution in [0.4, 0.5) is 0 Å². The van der Waals surface area contributed by atoms with Crippen LogP contribution in [0.5, 0.6) is 11.5 Å². The number of aryl methyl sites for hydroxylation is 1. The molecule has 0 N–H and O–H groups in total. The molecule has 4 heterocycles. The van der Waals surface area contributed by atoms with Crippen LogP contribution in [0.1, 0.15) is 24.8 Å². The van der Waals surface area contributed by atoms with Crippen molar-refractivity contribution in [3.63, 3.8) is 0 Å². The van der Waals surface area contributed by atoms with E-state index in [1.54, 1.807) is 29.4 Å². The molecular formula is C21H20N4O3S2. The fourth-order valence-corrected chi connectivity index (χ4v) is 5.09. The van der Waals surface area contributed by atoms with Crippen LogP contribution in [0, 0.1) is 6.92 Å². The summed E-state index contributed by atoms with van der Waals surface area (Å²) in [6.45, 7) is 5.23. The molecule has 9 heteroatoms. The third kappa shape index (κ3) is 3.59. The smallest absolute Gasteiger partial charge is 0.231 e. The molecule has 1 aliphatic rings. The summed E-state index contributed by atoms with van der Waals surface area (Å²) in [5, 5.41) is 12.8. The standard InChI is InChI=1S/C21H20N4O3S2/c1-3-7-25-19(16-6-8-26-13(16)2)23-24-21(25)30-11-15-10-29-20(22-15)14-4-5-17-18(9-14)28-12-27-17/h4-6,8-10H,3,7,11-12H2,1-2H3. The van der Waals surface area contributed by atoms with Gasteiger partial charge in [-0.1, -0.05) is 18.7 Å². The number of fused-ring (bicyclic) bond motifs is 1. The van der Waals surface area contributed by atoms with E-state index in [-0.39, 0.29) is 6.79 Å². The van der Waals surface area contributed by atoms with Gasteiger partial charge in [0.15, 0.2) is 22.5 Å². The zero-order valence-electron chi connectivity index (χ0n) is 16.6. The molecule has 0 fully saturated rings. The van der Waals surface area contributed by atoms with Crippen molar-refractivity contribution in [1.82, 2.24) is 19.7 Å². The fourth-order valence-electron chi connectivity index (χ4n) is 3.31. The zero-order chi connectivity index (χ0) is 20.5. The van der Waals surface area contributed by atoms with Crippen molar-refractivity contribution in [1.29, 1.82) is 0 Å². The van der Waals surface area contributed by atoms with Gasteiger partial charge in [0.2, 0.25) is 6.79 Å². The van der Waals surface area contributed by atoms with Crippen LogP contribution < -0.4 is 9.47 Å². The van der Waals surface area contributed by atoms with Crippen molar-refractivity contribution < 1.29 is 13.9 Å². The summed E-state index contributed by atoms with van der Waals surface area (Å²) >= 11 is 3.28. The van der Waals surface area contributed by atoms with Crippen LogP contribution in [-0.2, 0) is 12.3 Å². The number of benzene rings is 1. The average Bonchev–Trinajstić information content (AvgIpc) is 3.53. The maximum absolute atomic E-state index is 5.48. The van der Waals surface area contributed by atoms with Crippen molar-refractivity contribution in [2.75, 3.05) is 6.79 Å². The van der Waals surface area contributed by atoms with Gasteiger partial charge in [-0.15, -0.1) is 21.5 Å². The Balaban J connectivity index is 1.33. The van der Waals surface area contributed by atoms with Gasteiger partial charge in [0.05, 0.1) is 17.5 Å². The molecule has 30 heavy (non-hydrogen) atoms. The molecule has 1 aromatic carbocycles. The van der Waals surface area contributed by atoms with E-state index in [2.05, 4.69) is 27.1 Å². The number of hydrogen-bond donors (Lipinski definition) is 0. The monoisotopic (exact) mass is 440 g/mol. The molecule has 0 aliphatic carbocycles. The van der Waals surface area contributed by atoms with Gasteiger partial charge in [0, 0.05) is 23.2 Å². The first-order chi connectivity index (χ1) is 14.7. The minimum atomic E-state index is 0.275. The maximum Gasteiger partial charge on any atom is 0.231 e. The van der Waals surface area contributed by atoms with Crippen molar-refractivity contribution in [3.8, 4) is 33.5 Å². The Bertz CT molecular complexity index is 1180. The Morgan fingerprint density at radius 2 is 2.07 bits per heavy atom. The van der Waals surface area contributed by atoms with E-state index in [4.69, 9.17) is 18.9 Å². The third-order valence-electron chi connectivity index (χ3n) is 4.78. The van der Waals surface area contributed by atoms with E-state index >= 15 is 0 Å². The first-order valence-corrected chi connectivity index (χ1v) is 11.5. The van der Waals surface area contributed by atoms with Gasteiger partial charge in [-0.3, -0.25) is 0 Å². The molecule has 0 unspecified atom stereocenters. The van der Waals surface area contributed by atoms with E-state index in [1.165, 1.54) is 0 Å². The lowest BCUT2D eigenvalue weighted by molar-refractivity contribution is 0.174. The predicted molar refractivity (Wildman–Crippen MR) is 116 cm³/mol. The Morgan fingerprint density at radius 1 is 1.17 bits per heavy atom. The molecule has 0 radical (unpaired) electrons. The largest absolute Gasteiger partial charge is 0.469 e. The molecule has 7 nitrogen and oxygen atoms in total. The molecule has 3 aromatic heterocycles. The molecule has 4 aromatic rings. The minimum absolute atomic E-state index is 0.275. The van der Waals surface area contributed by atoms with Gasteiger partial charge in [-0.25, -0.2) is 4.98 Å².